The second-order valence-electron chi connectivity index (χ2n) is 4.53. The molecule has 1 rings (SSSR count). The molecule has 0 fully saturated rings. The fourth-order valence-corrected chi connectivity index (χ4v) is 1.54. The first-order chi connectivity index (χ1) is 10.0. The summed E-state index contributed by atoms with van der Waals surface area (Å²) in [6.07, 6.45) is -0.779. The number of hydrogen-bond donors (Lipinski definition) is 1. The summed E-state index contributed by atoms with van der Waals surface area (Å²) in [5, 5.41) is 2.55. The Kier molecular flexibility index (Phi) is 7.25. The van der Waals surface area contributed by atoms with Crippen molar-refractivity contribution in [2.45, 2.75) is 20.0 Å². The Hall–Kier alpha value is -2.08. The zero-order valence-corrected chi connectivity index (χ0v) is 12.5. The lowest BCUT2D eigenvalue weighted by atomic mass is 10.2. The number of nitrogens with one attached hydrogen (secondary N) is 1. The van der Waals surface area contributed by atoms with Crippen LogP contribution in [0.3, 0.4) is 0 Å². The molecule has 0 heterocycles. The number of ether oxygens (including phenoxy) is 3. The van der Waals surface area contributed by atoms with Crippen LogP contribution < -0.4 is 10.1 Å². The van der Waals surface area contributed by atoms with Crippen molar-refractivity contribution < 1.29 is 23.8 Å². The number of aryl methyl sites for hydroxylation is 1. The zero-order valence-electron chi connectivity index (χ0n) is 12.5. The molecule has 0 radical (unpaired) electrons. The number of benzene rings is 1. The summed E-state index contributed by atoms with van der Waals surface area (Å²) in [6.45, 7) is 3.96. The highest BCUT2D eigenvalue weighted by atomic mass is 16.6. The molecule has 0 aromatic heterocycles. The van der Waals surface area contributed by atoms with Crippen LogP contribution in [0.2, 0.25) is 0 Å². The van der Waals surface area contributed by atoms with Crippen molar-refractivity contribution >= 4 is 11.9 Å². The minimum atomic E-state index is -0.779. The van der Waals surface area contributed by atoms with Crippen molar-refractivity contribution in [1.29, 1.82) is 0 Å². The zero-order chi connectivity index (χ0) is 15.7. The van der Waals surface area contributed by atoms with Gasteiger partial charge in [0.2, 0.25) is 0 Å². The normalized spacial score (nSPS) is 11.6. The van der Waals surface area contributed by atoms with E-state index < -0.39 is 12.1 Å². The lowest BCUT2D eigenvalue weighted by Gasteiger charge is -2.14. The van der Waals surface area contributed by atoms with Gasteiger partial charge in [0, 0.05) is 13.7 Å². The van der Waals surface area contributed by atoms with E-state index in [9.17, 15) is 9.59 Å². The van der Waals surface area contributed by atoms with E-state index in [-0.39, 0.29) is 12.5 Å². The molecule has 0 aliphatic rings. The fraction of sp³-hybridized carbons (Fsp3) is 0.467. The average molecular weight is 295 g/mol. The molecule has 0 bridgehead atoms. The average Bonchev–Trinajstić information content (AvgIpc) is 2.45. The summed E-state index contributed by atoms with van der Waals surface area (Å²) in [4.78, 5) is 23.1. The minimum Gasteiger partial charge on any atom is -0.479 e. The molecule has 0 unspecified atom stereocenters. The van der Waals surface area contributed by atoms with Crippen molar-refractivity contribution in [3.63, 3.8) is 0 Å². The van der Waals surface area contributed by atoms with Gasteiger partial charge in [-0.25, -0.2) is 4.79 Å². The number of methoxy groups -OCH3 is 1. The number of carbonyl (C=O) groups is 2. The molecule has 6 heteroatoms. The van der Waals surface area contributed by atoms with Gasteiger partial charge in [-0.2, -0.15) is 0 Å². The predicted octanol–water partition coefficient (Wildman–Crippen LogP) is 1.07. The topological polar surface area (TPSA) is 73.9 Å². The third-order valence-electron chi connectivity index (χ3n) is 2.61. The van der Waals surface area contributed by atoms with Gasteiger partial charge in [0.05, 0.1) is 6.61 Å². The monoisotopic (exact) mass is 295 g/mol. The summed E-state index contributed by atoms with van der Waals surface area (Å²) in [5.41, 5.74) is 1.03. The van der Waals surface area contributed by atoms with Crippen LogP contribution in [0.25, 0.3) is 0 Å². The van der Waals surface area contributed by atoms with E-state index in [0.29, 0.717) is 18.9 Å². The first-order valence-electron chi connectivity index (χ1n) is 6.68. The van der Waals surface area contributed by atoms with Gasteiger partial charge >= 0.3 is 5.97 Å². The number of esters is 1. The summed E-state index contributed by atoms with van der Waals surface area (Å²) in [5.74, 6) is -0.370. The maximum Gasteiger partial charge on any atom is 0.347 e. The standard InChI is InChI=1S/C15H21NO5/c1-11-5-4-6-13(9-11)21-12(2)15(18)20-10-14(17)16-7-8-19-3/h4-6,9,12H,7-8,10H2,1-3H3,(H,16,17)/t12-/m0/s1. The molecule has 1 aromatic carbocycles. The lowest BCUT2D eigenvalue weighted by molar-refractivity contribution is -0.154. The first kappa shape index (κ1) is 17.0. The summed E-state index contributed by atoms with van der Waals surface area (Å²) in [7, 11) is 1.54. The van der Waals surface area contributed by atoms with Gasteiger partial charge in [-0.05, 0) is 31.5 Å². The molecular weight excluding hydrogens is 274 g/mol. The summed E-state index contributed by atoms with van der Waals surface area (Å²) >= 11 is 0. The highest BCUT2D eigenvalue weighted by Crippen LogP contribution is 2.14. The van der Waals surface area contributed by atoms with Gasteiger partial charge in [-0.3, -0.25) is 4.79 Å². The Bertz CT molecular complexity index is 475. The first-order valence-corrected chi connectivity index (χ1v) is 6.68. The van der Waals surface area contributed by atoms with Crippen LogP contribution in [0.5, 0.6) is 5.75 Å². The van der Waals surface area contributed by atoms with Gasteiger partial charge in [-0.1, -0.05) is 12.1 Å². The molecular formula is C15H21NO5. The minimum absolute atomic E-state index is 0.329. The molecule has 0 aliphatic heterocycles. The Labute approximate surface area is 124 Å². The molecule has 6 nitrogen and oxygen atoms in total. The number of rotatable bonds is 8. The van der Waals surface area contributed by atoms with Gasteiger partial charge in [0.1, 0.15) is 5.75 Å². The van der Waals surface area contributed by atoms with Crippen LogP contribution in [0.1, 0.15) is 12.5 Å². The molecule has 1 N–H and O–H groups in total. The van der Waals surface area contributed by atoms with E-state index in [4.69, 9.17) is 14.2 Å². The van der Waals surface area contributed by atoms with E-state index in [2.05, 4.69) is 5.32 Å². The van der Waals surface area contributed by atoms with Crippen LogP contribution in [-0.2, 0) is 19.1 Å². The van der Waals surface area contributed by atoms with Crippen LogP contribution in [-0.4, -0.2) is 44.8 Å². The Morgan fingerprint density at radius 3 is 2.76 bits per heavy atom. The van der Waals surface area contributed by atoms with E-state index in [1.54, 1.807) is 13.0 Å². The van der Waals surface area contributed by atoms with Crippen molar-refractivity contribution in [3.05, 3.63) is 29.8 Å². The van der Waals surface area contributed by atoms with Gasteiger partial charge in [0.25, 0.3) is 5.91 Å². The van der Waals surface area contributed by atoms with Crippen LogP contribution in [0.15, 0.2) is 24.3 Å². The number of carbonyl (C=O) groups excluding carboxylic acids is 2. The molecule has 0 saturated carbocycles. The summed E-state index contributed by atoms with van der Waals surface area (Å²) in [6, 6.07) is 7.35. The third kappa shape index (κ3) is 6.76. The van der Waals surface area contributed by atoms with Gasteiger partial charge in [-0.15, -0.1) is 0 Å². The SMILES string of the molecule is COCCNC(=O)COC(=O)[C@H](C)Oc1cccc(C)c1. The second kappa shape index (κ2) is 8.97. The lowest BCUT2D eigenvalue weighted by Crippen LogP contribution is -2.34. The van der Waals surface area contributed by atoms with Crippen molar-refractivity contribution in [3.8, 4) is 5.75 Å². The maximum absolute atomic E-state index is 11.7. The molecule has 0 spiro atoms. The van der Waals surface area contributed by atoms with Crippen molar-refractivity contribution in [2.24, 2.45) is 0 Å². The molecule has 1 amide bonds. The highest BCUT2D eigenvalue weighted by molar-refractivity contribution is 5.81. The molecule has 1 aromatic rings. The second-order valence-corrected chi connectivity index (χ2v) is 4.53. The Morgan fingerprint density at radius 1 is 1.33 bits per heavy atom. The quantitative estimate of drug-likeness (QED) is 0.573. The largest absolute Gasteiger partial charge is 0.479 e. The van der Waals surface area contributed by atoms with E-state index in [1.807, 2.05) is 25.1 Å². The van der Waals surface area contributed by atoms with Crippen LogP contribution in [0.4, 0.5) is 0 Å². The smallest absolute Gasteiger partial charge is 0.347 e. The maximum atomic E-state index is 11.7. The molecule has 21 heavy (non-hydrogen) atoms. The Morgan fingerprint density at radius 2 is 2.10 bits per heavy atom. The van der Waals surface area contributed by atoms with Crippen LogP contribution >= 0.6 is 0 Å². The number of hydrogen-bond acceptors (Lipinski definition) is 5. The third-order valence-corrected chi connectivity index (χ3v) is 2.61. The van der Waals surface area contributed by atoms with Crippen molar-refractivity contribution in [1.82, 2.24) is 5.32 Å². The van der Waals surface area contributed by atoms with Crippen LogP contribution in [0, 0.1) is 6.92 Å². The fourth-order valence-electron chi connectivity index (χ4n) is 1.54. The number of amides is 1. The summed E-state index contributed by atoms with van der Waals surface area (Å²) < 4.78 is 15.1. The van der Waals surface area contributed by atoms with Gasteiger partial charge < -0.3 is 19.5 Å². The molecule has 0 saturated heterocycles. The van der Waals surface area contributed by atoms with E-state index >= 15 is 0 Å². The predicted molar refractivity (Wildman–Crippen MR) is 77.1 cm³/mol. The van der Waals surface area contributed by atoms with E-state index in [0.717, 1.165) is 5.56 Å². The van der Waals surface area contributed by atoms with Crippen molar-refractivity contribution in [2.75, 3.05) is 26.9 Å². The molecule has 1 atom stereocenters. The highest BCUT2D eigenvalue weighted by Gasteiger charge is 2.17. The molecule has 116 valence electrons. The van der Waals surface area contributed by atoms with Gasteiger partial charge in [0.15, 0.2) is 12.7 Å². The van der Waals surface area contributed by atoms with E-state index in [1.165, 1.54) is 7.11 Å². The molecule has 0 aliphatic carbocycles. The Balaban J connectivity index is 2.32.